The van der Waals surface area contributed by atoms with Crippen LogP contribution >= 0.6 is 0 Å². The van der Waals surface area contributed by atoms with Gasteiger partial charge in [-0.05, 0) is 23.7 Å². The first-order valence-electron chi connectivity index (χ1n) is 4.18. The van der Waals surface area contributed by atoms with E-state index >= 15 is 0 Å². The van der Waals surface area contributed by atoms with Crippen LogP contribution in [-0.2, 0) is 0 Å². The van der Waals surface area contributed by atoms with Crippen LogP contribution in [-0.4, -0.2) is 8.07 Å². The fourth-order valence-corrected chi connectivity index (χ4v) is 2.60. The summed E-state index contributed by atoms with van der Waals surface area (Å²) >= 11 is 0. The van der Waals surface area contributed by atoms with Crippen LogP contribution in [0, 0.1) is 12.7 Å². The van der Waals surface area contributed by atoms with Crippen LogP contribution in [0.1, 0.15) is 5.56 Å². The first-order chi connectivity index (χ1) is 5.41. The fourth-order valence-electron chi connectivity index (χ4n) is 1.23. The van der Waals surface area contributed by atoms with Crippen molar-refractivity contribution in [3.8, 4) is 0 Å². The van der Waals surface area contributed by atoms with E-state index in [1.54, 1.807) is 6.07 Å². The predicted octanol–water partition coefficient (Wildman–Crippen LogP) is 2.68. The van der Waals surface area contributed by atoms with Crippen molar-refractivity contribution in [3.05, 3.63) is 29.6 Å². The molecule has 1 rings (SSSR count). The first kappa shape index (κ1) is 9.45. The molecule has 0 amide bonds. The van der Waals surface area contributed by atoms with Gasteiger partial charge in [-0.2, -0.15) is 0 Å². The molecule has 12 heavy (non-hydrogen) atoms. The quantitative estimate of drug-likeness (QED) is 0.586. The third-order valence-corrected chi connectivity index (χ3v) is 3.95. The standard InChI is InChI=1S/C10H15FSi/c1-8-5-6-10(9(11)7-8)12(2,3)4/h5-7H,1-4H3. The predicted molar refractivity (Wildman–Crippen MR) is 54.1 cm³/mol. The molecular formula is C10H15FSi. The van der Waals surface area contributed by atoms with Gasteiger partial charge in [-0.15, -0.1) is 0 Å². The van der Waals surface area contributed by atoms with Crippen molar-refractivity contribution in [1.29, 1.82) is 0 Å². The number of rotatable bonds is 1. The van der Waals surface area contributed by atoms with E-state index in [4.69, 9.17) is 0 Å². The normalized spacial score (nSPS) is 11.8. The summed E-state index contributed by atoms with van der Waals surface area (Å²) in [6.45, 7) is 8.37. The summed E-state index contributed by atoms with van der Waals surface area (Å²) in [7, 11) is -1.48. The third kappa shape index (κ3) is 1.94. The second kappa shape index (κ2) is 3.02. The Labute approximate surface area is 74.4 Å². The number of hydrogen-bond donors (Lipinski definition) is 0. The second-order valence-electron chi connectivity index (χ2n) is 4.23. The van der Waals surface area contributed by atoms with Crippen LogP contribution in [0.4, 0.5) is 4.39 Å². The molecule has 0 fully saturated rings. The Bertz CT molecular complexity index is 286. The molecule has 0 heterocycles. The maximum atomic E-state index is 13.4. The number of aryl methyl sites for hydroxylation is 1. The Balaban J connectivity index is 3.19. The van der Waals surface area contributed by atoms with Gasteiger partial charge >= 0.3 is 0 Å². The van der Waals surface area contributed by atoms with Crippen molar-refractivity contribution in [1.82, 2.24) is 0 Å². The van der Waals surface area contributed by atoms with Gasteiger partial charge in [-0.3, -0.25) is 0 Å². The summed E-state index contributed by atoms with van der Waals surface area (Å²) in [6, 6.07) is 5.53. The SMILES string of the molecule is Cc1ccc([Si](C)(C)C)c(F)c1. The Morgan fingerprint density at radius 3 is 2.17 bits per heavy atom. The van der Waals surface area contributed by atoms with Crippen LogP contribution in [0.3, 0.4) is 0 Å². The van der Waals surface area contributed by atoms with Gasteiger partial charge in [0.05, 0.1) is 8.07 Å². The second-order valence-corrected chi connectivity index (χ2v) is 9.27. The zero-order valence-corrected chi connectivity index (χ0v) is 9.11. The van der Waals surface area contributed by atoms with E-state index in [-0.39, 0.29) is 5.82 Å². The van der Waals surface area contributed by atoms with Gasteiger partial charge in [0.1, 0.15) is 5.82 Å². The molecule has 0 radical (unpaired) electrons. The van der Waals surface area contributed by atoms with Gasteiger partial charge in [0, 0.05) is 0 Å². The molecule has 1 aromatic rings. The summed E-state index contributed by atoms with van der Waals surface area (Å²) in [6.07, 6.45) is 0. The summed E-state index contributed by atoms with van der Waals surface area (Å²) < 4.78 is 13.4. The number of hydrogen-bond acceptors (Lipinski definition) is 0. The highest BCUT2D eigenvalue weighted by Gasteiger charge is 2.19. The van der Waals surface area contributed by atoms with Crippen LogP contribution < -0.4 is 5.19 Å². The van der Waals surface area contributed by atoms with Crippen molar-refractivity contribution in [2.75, 3.05) is 0 Å². The summed E-state index contributed by atoms with van der Waals surface area (Å²) in [4.78, 5) is 0. The van der Waals surface area contributed by atoms with E-state index in [9.17, 15) is 4.39 Å². The maximum absolute atomic E-state index is 13.4. The topological polar surface area (TPSA) is 0 Å². The molecule has 1 aromatic carbocycles. The van der Waals surface area contributed by atoms with Crippen LogP contribution in [0.15, 0.2) is 18.2 Å². The molecule has 0 aliphatic carbocycles. The smallest absolute Gasteiger partial charge is 0.122 e. The largest absolute Gasteiger partial charge is 0.207 e. The molecule has 0 nitrogen and oxygen atoms in total. The highest BCUT2D eigenvalue weighted by molar-refractivity contribution is 6.88. The minimum Gasteiger partial charge on any atom is -0.207 e. The Kier molecular flexibility index (Phi) is 2.38. The molecule has 0 saturated carbocycles. The summed E-state index contributed by atoms with van der Waals surface area (Å²) in [5.74, 6) is -0.0332. The van der Waals surface area contributed by atoms with Gasteiger partial charge in [-0.25, -0.2) is 4.39 Å². The monoisotopic (exact) mass is 182 g/mol. The lowest BCUT2D eigenvalue weighted by Crippen LogP contribution is -2.39. The van der Waals surface area contributed by atoms with Crippen molar-refractivity contribution in [3.63, 3.8) is 0 Å². The van der Waals surface area contributed by atoms with Gasteiger partial charge in [0.15, 0.2) is 0 Å². The lowest BCUT2D eigenvalue weighted by molar-refractivity contribution is 0.634. The molecular weight excluding hydrogens is 167 g/mol. The Hall–Kier alpha value is -0.633. The van der Waals surface area contributed by atoms with E-state index in [0.717, 1.165) is 10.8 Å². The van der Waals surface area contributed by atoms with E-state index < -0.39 is 8.07 Å². The highest BCUT2D eigenvalue weighted by Crippen LogP contribution is 2.07. The lowest BCUT2D eigenvalue weighted by atomic mass is 10.2. The van der Waals surface area contributed by atoms with Gasteiger partial charge in [0.2, 0.25) is 0 Å². The number of halogens is 1. The zero-order chi connectivity index (χ0) is 9.35. The van der Waals surface area contributed by atoms with E-state index in [1.165, 1.54) is 0 Å². The van der Waals surface area contributed by atoms with Crippen LogP contribution in [0.25, 0.3) is 0 Å². The van der Waals surface area contributed by atoms with Crippen LogP contribution in [0.5, 0.6) is 0 Å². The molecule has 2 heteroatoms. The minimum absolute atomic E-state index is 0.0332. The van der Waals surface area contributed by atoms with Gasteiger partial charge < -0.3 is 0 Å². The molecule has 0 saturated heterocycles. The molecule has 0 aliphatic heterocycles. The Morgan fingerprint density at radius 1 is 1.17 bits per heavy atom. The molecule has 0 N–H and O–H groups in total. The van der Waals surface area contributed by atoms with Crippen molar-refractivity contribution >= 4 is 13.3 Å². The first-order valence-corrected chi connectivity index (χ1v) is 7.68. The molecule has 0 unspecified atom stereocenters. The molecule has 0 aliphatic rings. The molecule has 0 aromatic heterocycles. The maximum Gasteiger partial charge on any atom is 0.122 e. The average molecular weight is 182 g/mol. The van der Waals surface area contributed by atoms with Crippen molar-refractivity contribution in [2.24, 2.45) is 0 Å². The van der Waals surface area contributed by atoms with E-state index in [1.807, 2.05) is 19.1 Å². The van der Waals surface area contributed by atoms with Crippen molar-refractivity contribution < 1.29 is 4.39 Å². The molecule has 0 atom stereocenters. The average Bonchev–Trinajstić information content (AvgIpc) is 1.83. The molecule has 0 bridgehead atoms. The summed E-state index contributed by atoms with van der Waals surface area (Å²) in [5, 5.41) is 0.924. The van der Waals surface area contributed by atoms with E-state index in [0.29, 0.717) is 0 Å². The highest BCUT2D eigenvalue weighted by atomic mass is 28.3. The Morgan fingerprint density at radius 2 is 1.75 bits per heavy atom. The zero-order valence-electron chi connectivity index (χ0n) is 8.11. The number of benzene rings is 1. The molecule has 0 spiro atoms. The molecule has 66 valence electrons. The summed E-state index contributed by atoms with van der Waals surface area (Å²) in [5.41, 5.74) is 0.995. The van der Waals surface area contributed by atoms with E-state index in [2.05, 4.69) is 19.6 Å². The lowest BCUT2D eigenvalue weighted by Gasteiger charge is -2.17. The van der Waals surface area contributed by atoms with Gasteiger partial charge in [-0.1, -0.05) is 31.8 Å². The van der Waals surface area contributed by atoms with Gasteiger partial charge in [0.25, 0.3) is 0 Å². The minimum atomic E-state index is -1.48. The fraction of sp³-hybridized carbons (Fsp3) is 0.400. The van der Waals surface area contributed by atoms with Crippen molar-refractivity contribution in [2.45, 2.75) is 26.6 Å². The van der Waals surface area contributed by atoms with Crippen LogP contribution in [0.2, 0.25) is 19.6 Å². The third-order valence-electron chi connectivity index (χ3n) is 1.93.